The average Bonchev–Trinajstić information content (AvgIpc) is 3.45. The highest BCUT2D eigenvalue weighted by atomic mass is 16.6. The summed E-state index contributed by atoms with van der Waals surface area (Å²) in [6.45, 7) is 6.64. The molecule has 0 saturated carbocycles. The van der Waals surface area contributed by atoms with E-state index in [-0.39, 0.29) is 31.1 Å². The lowest BCUT2D eigenvalue weighted by Crippen LogP contribution is -2.30. The van der Waals surface area contributed by atoms with Gasteiger partial charge < -0.3 is 14.2 Å². The Kier molecular flexibility index (Phi) is 64.7. The smallest absolute Gasteiger partial charge is 0.306 e. The van der Waals surface area contributed by atoms with Gasteiger partial charge in [0.15, 0.2) is 6.10 Å². The molecule has 0 saturated heterocycles. The molecule has 0 radical (unpaired) electrons. The maximum atomic E-state index is 12.9. The van der Waals surface area contributed by atoms with E-state index in [0.29, 0.717) is 19.3 Å². The van der Waals surface area contributed by atoms with E-state index in [4.69, 9.17) is 14.2 Å². The molecule has 1 atom stereocenters. The fourth-order valence-corrected chi connectivity index (χ4v) is 9.95. The summed E-state index contributed by atoms with van der Waals surface area (Å²) in [6, 6.07) is 0. The quantitative estimate of drug-likeness (QED) is 0.0261. The van der Waals surface area contributed by atoms with Gasteiger partial charge in [-0.25, -0.2) is 0 Å². The van der Waals surface area contributed by atoms with Crippen LogP contribution in [-0.2, 0) is 28.6 Å². The van der Waals surface area contributed by atoms with E-state index in [1.165, 1.54) is 231 Å². The van der Waals surface area contributed by atoms with Gasteiger partial charge in [-0.15, -0.1) is 0 Å². The second-order valence-corrected chi connectivity index (χ2v) is 23.1. The third-order valence-corrected chi connectivity index (χ3v) is 15.2. The van der Waals surface area contributed by atoms with Crippen molar-refractivity contribution in [2.24, 2.45) is 0 Å². The highest BCUT2D eigenvalue weighted by molar-refractivity contribution is 5.71. The van der Waals surface area contributed by atoms with Crippen molar-refractivity contribution in [1.29, 1.82) is 0 Å². The molecule has 0 N–H and O–H groups in total. The summed E-state index contributed by atoms with van der Waals surface area (Å²) in [5.41, 5.74) is 0. The molecular weight excluding hydrogens is 973 g/mol. The van der Waals surface area contributed by atoms with Crippen molar-refractivity contribution in [3.63, 3.8) is 0 Å². The van der Waals surface area contributed by atoms with Crippen molar-refractivity contribution in [3.05, 3.63) is 72.9 Å². The summed E-state index contributed by atoms with van der Waals surface area (Å²) in [4.78, 5) is 38.5. The van der Waals surface area contributed by atoms with Crippen molar-refractivity contribution in [3.8, 4) is 0 Å². The maximum Gasteiger partial charge on any atom is 0.306 e. The van der Waals surface area contributed by atoms with Crippen LogP contribution in [0, 0.1) is 0 Å². The predicted octanol–water partition coefficient (Wildman–Crippen LogP) is 23.7. The number of carbonyl (C=O) groups is 3. The topological polar surface area (TPSA) is 78.9 Å². The number of hydrogen-bond donors (Lipinski definition) is 0. The molecule has 0 fully saturated rings. The summed E-state index contributed by atoms with van der Waals surface area (Å²) < 4.78 is 17.0. The first-order valence-corrected chi connectivity index (χ1v) is 34.4. The molecule has 6 heteroatoms. The summed E-state index contributed by atoms with van der Waals surface area (Å²) in [6.07, 6.45) is 87.6. The van der Waals surface area contributed by atoms with Crippen LogP contribution in [0.3, 0.4) is 0 Å². The van der Waals surface area contributed by atoms with Gasteiger partial charge in [0.25, 0.3) is 0 Å². The lowest BCUT2D eigenvalue weighted by molar-refractivity contribution is -0.167. The van der Waals surface area contributed by atoms with Gasteiger partial charge in [0.2, 0.25) is 0 Å². The van der Waals surface area contributed by atoms with Crippen LogP contribution in [0.1, 0.15) is 355 Å². The third-order valence-electron chi connectivity index (χ3n) is 15.2. The Balaban J connectivity index is 4.38. The first-order valence-electron chi connectivity index (χ1n) is 34.4. The van der Waals surface area contributed by atoms with Gasteiger partial charge in [-0.05, 0) is 116 Å². The van der Waals surface area contributed by atoms with Crippen LogP contribution < -0.4 is 0 Å². The highest BCUT2D eigenvalue weighted by Gasteiger charge is 2.19. The normalized spacial score (nSPS) is 12.5. The summed E-state index contributed by atoms with van der Waals surface area (Å²) in [7, 11) is 0. The monoisotopic (exact) mass is 1100 g/mol. The first kappa shape index (κ1) is 75.8. The molecule has 1 unspecified atom stereocenters. The Morgan fingerprint density at radius 3 is 0.747 bits per heavy atom. The Bertz CT molecular complexity index is 1450. The molecular formula is C73H130O6. The Morgan fingerprint density at radius 2 is 0.456 bits per heavy atom. The highest BCUT2D eigenvalue weighted by Crippen LogP contribution is 2.17. The molecule has 0 heterocycles. The van der Waals surface area contributed by atoms with Gasteiger partial charge in [-0.3, -0.25) is 14.4 Å². The molecule has 0 rings (SSSR count). The Hall–Kier alpha value is -3.15. The van der Waals surface area contributed by atoms with E-state index in [2.05, 4.69) is 93.7 Å². The Labute approximate surface area is 491 Å². The van der Waals surface area contributed by atoms with Crippen molar-refractivity contribution < 1.29 is 28.6 Å². The van der Waals surface area contributed by atoms with E-state index >= 15 is 0 Å². The van der Waals surface area contributed by atoms with E-state index in [9.17, 15) is 14.4 Å². The van der Waals surface area contributed by atoms with Gasteiger partial charge in [-0.1, -0.05) is 293 Å². The molecule has 0 amide bonds. The molecule has 0 aromatic rings. The first-order chi connectivity index (χ1) is 39.0. The third kappa shape index (κ3) is 65.5. The lowest BCUT2D eigenvalue weighted by Gasteiger charge is -2.18. The lowest BCUT2D eigenvalue weighted by atomic mass is 10.1. The molecule has 6 nitrogen and oxygen atoms in total. The minimum Gasteiger partial charge on any atom is -0.462 e. The zero-order valence-corrected chi connectivity index (χ0v) is 52.6. The molecule has 0 spiro atoms. The summed E-state index contributed by atoms with van der Waals surface area (Å²) in [5, 5.41) is 0. The minimum atomic E-state index is -0.784. The summed E-state index contributed by atoms with van der Waals surface area (Å²) >= 11 is 0. The van der Waals surface area contributed by atoms with Crippen LogP contribution in [-0.4, -0.2) is 37.2 Å². The molecule has 0 bridgehead atoms. The van der Waals surface area contributed by atoms with Crippen molar-refractivity contribution in [2.45, 2.75) is 361 Å². The van der Waals surface area contributed by atoms with E-state index in [1.54, 1.807) is 0 Å². The van der Waals surface area contributed by atoms with E-state index in [0.717, 1.165) is 83.5 Å². The number of unbranched alkanes of at least 4 members (excludes halogenated alkanes) is 40. The van der Waals surface area contributed by atoms with Crippen LogP contribution >= 0.6 is 0 Å². The number of allylic oxidation sites excluding steroid dienone is 12. The van der Waals surface area contributed by atoms with Crippen LogP contribution in [0.15, 0.2) is 72.9 Å². The largest absolute Gasteiger partial charge is 0.462 e. The van der Waals surface area contributed by atoms with Gasteiger partial charge in [0, 0.05) is 19.3 Å². The zero-order valence-electron chi connectivity index (χ0n) is 52.6. The Morgan fingerprint density at radius 1 is 0.253 bits per heavy atom. The molecule has 79 heavy (non-hydrogen) atoms. The SMILES string of the molecule is CCCCC/C=C\C/C=C\CCCCCCCCCCCC(=O)OC(COC(=O)CCCCCCCCCC/C=C\C/C=C\C/C=C\CCCCCCC)COC(=O)CCCCCCCCCCC/C=C\CCCCCCCC. The molecule has 0 aliphatic heterocycles. The average molecular weight is 1100 g/mol. The molecule has 0 aliphatic carbocycles. The maximum absolute atomic E-state index is 12.9. The van der Waals surface area contributed by atoms with Gasteiger partial charge >= 0.3 is 17.9 Å². The van der Waals surface area contributed by atoms with Crippen molar-refractivity contribution >= 4 is 17.9 Å². The fourth-order valence-electron chi connectivity index (χ4n) is 9.95. The van der Waals surface area contributed by atoms with Crippen LogP contribution in [0.4, 0.5) is 0 Å². The molecule has 0 aromatic carbocycles. The zero-order chi connectivity index (χ0) is 57.1. The van der Waals surface area contributed by atoms with Gasteiger partial charge in [0.05, 0.1) is 0 Å². The summed E-state index contributed by atoms with van der Waals surface area (Å²) in [5.74, 6) is -0.873. The van der Waals surface area contributed by atoms with Crippen LogP contribution in [0.25, 0.3) is 0 Å². The molecule has 458 valence electrons. The van der Waals surface area contributed by atoms with Crippen LogP contribution in [0.2, 0.25) is 0 Å². The molecule has 0 aromatic heterocycles. The van der Waals surface area contributed by atoms with Crippen molar-refractivity contribution in [2.75, 3.05) is 13.2 Å². The number of esters is 3. The standard InChI is InChI=1S/C73H130O6/c1-4-7-10-13-16-19-22-25-28-31-34-35-36-37-40-42-45-48-51-54-57-60-63-66-72(75)78-69-70(79-73(76)67-64-61-58-55-52-49-46-43-39-33-30-27-24-21-18-15-12-9-6-3)68-77-71(74)65-62-59-56-53-50-47-44-41-38-32-29-26-23-20-17-14-11-8-5-2/h18,21-22,25-27,29-31,34,36-37,70H,4-17,19-20,23-24,28,32-33,35,38-69H2,1-3H3/b21-18-,25-22-,29-26-,30-27-,34-31-,37-36-. The van der Waals surface area contributed by atoms with Gasteiger partial charge in [0.1, 0.15) is 13.2 Å². The fraction of sp³-hybridized carbons (Fsp3) is 0.795. The van der Waals surface area contributed by atoms with Crippen LogP contribution in [0.5, 0.6) is 0 Å². The minimum absolute atomic E-state index is 0.0787. The predicted molar refractivity (Wildman–Crippen MR) is 344 cm³/mol. The van der Waals surface area contributed by atoms with Gasteiger partial charge in [-0.2, -0.15) is 0 Å². The number of carbonyl (C=O) groups excluding carboxylic acids is 3. The molecule has 0 aliphatic rings. The second kappa shape index (κ2) is 67.4. The van der Waals surface area contributed by atoms with E-state index < -0.39 is 6.10 Å². The number of hydrogen-bond acceptors (Lipinski definition) is 6. The number of rotatable bonds is 63. The van der Waals surface area contributed by atoms with Crippen molar-refractivity contribution in [1.82, 2.24) is 0 Å². The number of ether oxygens (including phenoxy) is 3. The van der Waals surface area contributed by atoms with E-state index in [1.807, 2.05) is 0 Å². The second-order valence-electron chi connectivity index (χ2n) is 23.1.